The summed E-state index contributed by atoms with van der Waals surface area (Å²) in [7, 11) is 0. The van der Waals surface area contributed by atoms with Crippen LogP contribution in [0.2, 0.25) is 0 Å². The van der Waals surface area contributed by atoms with Crippen LogP contribution in [0.15, 0.2) is 16.7 Å². The first-order chi connectivity index (χ1) is 5.88. The second-order valence-electron chi connectivity index (χ2n) is 3.85. The normalized spacial score (nSPS) is 11.3. The van der Waals surface area contributed by atoms with Crippen molar-refractivity contribution in [3.63, 3.8) is 0 Å². The molecule has 0 aromatic carbocycles. The topological polar surface area (TPSA) is 62.1 Å². The third-order valence-corrected chi connectivity index (χ3v) is 1.29. The first-order valence-electron chi connectivity index (χ1n) is 3.96. The molecule has 1 amide bonds. The standard InChI is InChI=1S/C9H12NO3/c1-9(2,3)10-8(12)7-4-6(11)5-13-7/h4-5H,1-3H3,(H,10,12). The van der Waals surface area contributed by atoms with Crippen molar-refractivity contribution in [2.24, 2.45) is 0 Å². The van der Waals surface area contributed by atoms with Crippen molar-refractivity contribution in [3.05, 3.63) is 18.1 Å². The fraction of sp³-hybridized carbons (Fsp3) is 0.444. The first-order valence-corrected chi connectivity index (χ1v) is 3.96. The lowest BCUT2D eigenvalue weighted by Crippen LogP contribution is -2.40. The molecule has 1 N–H and O–H groups in total. The van der Waals surface area contributed by atoms with Crippen LogP contribution < -0.4 is 5.32 Å². The van der Waals surface area contributed by atoms with Crippen LogP contribution in [-0.4, -0.2) is 11.4 Å². The van der Waals surface area contributed by atoms with Crippen LogP contribution in [0.4, 0.5) is 0 Å². The van der Waals surface area contributed by atoms with Gasteiger partial charge in [-0.25, -0.2) is 0 Å². The van der Waals surface area contributed by atoms with E-state index in [1.54, 1.807) is 0 Å². The Hall–Kier alpha value is -1.45. The highest BCUT2D eigenvalue weighted by Crippen LogP contribution is 2.14. The first kappa shape index (κ1) is 9.64. The molecule has 4 heteroatoms. The average Bonchev–Trinajstić information content (AvgIpc) is 2.31. The molecule has 1 aromatic heterocycles. The smallest absolute Gasteiger partial charge is 0.287 e. The second kappa shape index (κ2) is 3.12. The van der Waals surface area contributed by atoms with E-state index < -0.39 is 0 Å². The molecule has 1 rings (SSSR count). The number of carbonyl (C=O) groups excluding carboxylic acids is 1. The van der Waals surface area contributed by atoms with Crippen LogP contribution in [0.1, 0.15) is 31.3 Å². The number of carbonyl (C=O) groups is 1. The van der Waals surface area contributed by atoms with Crippen molar-refractivity contribution in [1.29, 1.82) is 0 Å². The summed E-state index contributed by atoms with van der Waals surface area (Å²) in [6.45, 7) is 5.56. The number of nitrogens with one attached hydrogen (secondary N) is 1. The van der Waals surface area contributed by atoms with Gasteiger partial charge < -0.3 is 9.73 Å². The fourth-order valence-electron chi connectivity index (χ4n) is 0.840. The number of amides is 1. The van der Waals surface area contributed by atoms with Crippen molar-refractivity contribution in [1.82, 2.24) is 5.32 Å². The molecule has 0 saturated carbocycles. The van der Waals surface area contributed by atoms with Crippen LogP contribution in [0, 0.1) is 0 Å². The molecule has 0 atom stereocenters. The van der Waals surface area contributed by atoms with Gasteiger partial charge in [-0.1, -0.05) is 0 Å². The number of hydrogen-bond acceptors (Lipinski definition) is 2. The van der Waals surface area contributed by atoms with Gasteiger partial charge in [-0.15, -0.1) is 0 Å². The SMILES string of the molecule is CC(C)(C)NC(=O)c1cc([O])co1. The number of hydrogen-bond donors (Lipinski definition) is 1. The van der Waals surface area contributed by atoms with Crippen molar-refractivity contribution >= 4 is 5.91 Å². The Morgan fingerprint density at radius 1 is 1.46 bits per heavy atom. The summed E-state index contributed by atoms with van der Waals surface area (Å²) in [6.07, 6.45) is 1.01. The monoisotopic (exact) mass is 182 g/mol. The molecular formula is C9H12NO3. The summed E-state index contributed by atoms with van der Waals surface area (Å²) in [6, 6.07) is 1.17. The summed E-state index contributed by atoms with van der Waals surface area (Å²) in [5, 5.41) is 13.4. The van der Waals surface area contributed by atoms with Crippen molar-refractivity contribution < 1.29 is 14.3 Å². The Labute approximate surface area is 76.6 Å². The van der Waals surface area contributed by atoms with Crippen LogP contribution in [0.5, 0.6) is 5.75 Å². The molecule has 0 saturated heterocycles. The quantitative estimate of drug-likeness (QED) is 0.721. The van der Waals surface area contributed by atoms with Gasteiger partial charge in [0.1, 0.15) is 6.26 Å². The summed E-state index contributed by atoms with van der Waals surface area (Å²) < 4.78 is 4.75. The zero-order valence-electron chi connectivity index (χ0n) is 7.88. The predicted octanol–water partition coefficient (Wildman–Crippen LogP) is 1.95. The van der Waals surface area contributed by atoms with Gasteiger partial charge in [-0.3, -0.25) is 9.90 Å². The fourth-order valence-corrected chi connectivity index (χ4v) is 0.840. The van der Waals surface area contributed by atoms with Gasteiger partial charge in [0.2, 0.25) is 5.75 Å². The minimum Gasteiger partial charge on any atom is -0.455 e. The maximum absolute atomic E-state index is 11.3. The average molecular weight is 182 g/mol. The van der Waals surface area contributed by atoms with Gasteiger partial charge in [-0.2, -0.15) is 0 Å². The molecule has 0 aliphatic rings. The maximum Gasteiger partial charge on any atom is 0.287 e. The molecule has 0 unspecified atom stereocenters. The zero-order chi connectivity index (χ0) is 10.1. The van der Waals surface area contributed by atoms with Crippen LogP contribution in [0.25, 0.3) is 0 Å². The largest absolute Gasteiger partial charge is 0.455 e. The minimum atomic E-state index is -0.366. The lowest BCUT2D eigenvalue weighted by molar-refractivity contribution is 0.0891. The third-order valence-electron chi connectivity index (χ3n) is 1.29. The van der Waals surface area contributed by atoms with Crippen molar-refractivity contribution in [2.75, 3.05) is 0 Å². The molecule has 13 heavy (non-hydrogen) atoms. The van der Waals surface area contributed by atoms with E-state index in [9.17, 15) is 9.90 Å². The molecule has 0 bridgehead atoms. The molecular weight excluding hydrogens is 170 g/mol. The minimum absolute atomic E-state index is 0.0555. The highest BCUT2D eigenvalue weighted by Gasteiger charge is 2.18. The Morgan fingerprint density at radius 2 is 2.08 bits per heavy atom. The molecule has 1 aromatic rings. The molecule has 1 radical (unpaired) electrons. The van der Waals surface area contributed by atoms with E-state index in [4.69, 9.17) is 4.42 Å². The second-order valence-corrected chi connectivity index (χ2v) is 3.85. The number of furan rings is 1. The molecule has 0 fully saturated rings. The van der Waals surface area contributed by atoms with Gasteiger partial charge in [0.15, 0.2) is 5.76 Å². The third kappa shape index (κ3) is 2.82. The highest BCUT2D eigenvalue weighted by molar-refractivity contribution is 5.92. The van der Waals surface area contributed by atoms with Crippen LogP contribution in [-0.2, 0) is 5.11 Å². The highest BCUT2D eigenvalue weighted by atomic mass is 16.4. The molecule has 1 heterocycles. The zero-order valence-corrected chi connectivity index (χ0v) is 7.88. The summed E-state index contributed by atoms with van der Waals surface area (Å²) in [4.78, 5) is 11.3. The lowest BCUT2D eigenvalue weighted by Gasteiger charge is -2.19. The van der Waals surface area contributed by atoms with E-state index in [-0.39, 0.29) is 23.0 Å². The Morgan fingerprint density at radius 3 is 2.46 bits per heavy atom. The van der Waals surface area contributed by atoms with Gasteiger partial charge in [0.25, 0.3) is 5.91 Å². The van der Waals surface area contributed by atoms with Crippen molar-refractivity contribution in [2.45, 2.75) is 26.3 Å². The van der Waals surface area contributed by atoms with Gasteiger partial charge in [0, 0.05) is 11.6 Å². The van der Waals surface area contributed by atoms with Gasteiger partial charge >= 0.3 is 0 Å². The van der Waals surface area contributed by atoms with E-state index in [0.29, 0.717) is 0 Å². The molecule has 71 valence electrons. The van der Waals surface area contributed by atoms with E-state index in [1.165, 1.54) is 6.07 Å². The maximum atomic E-state index is 11.3. The number of rotatable bonds is 1. The van der Waals surface area contributed by atoms with Crippen molar-refractivity contribution in [3.8, 4) is 5.75 Å². The summed E-state index contributed by atoms with van der Waals surface area (Å²) >= 11 is 0. The molecule has 0 aliphatic heterocycles. The molecule has 4 nitrogen and oxygen atoms in total. The predicted molar refractivity (Wildman–Crippen MR) is 46.1 cm³/mol. The molecule has 0 spiro atoms. The Kier molecular flexibility index (Phi) is 2.32. The van der Waals surface area contributed by atoms with E-state index in [2.05, 4.69) is 5.32 Å². The summed E-state index contributed by atoms with van der Waals surface area (Å²) in [5.41, 5.74) is -0.326. The van der Waals surface area contributed by atoms with Gasteiger partial charge in [-0.05, 0) is 20.8 Å². The van der Waals surface area contributed by atoms with Gasteiger partial charge in [0.05, 0.1) is 0 Å². The van der Waals surface area contributed by atoms with E-state index in [1.807, 2.05) is 20.8 Å². The summed E-state index contributed by atoms with van der Waals surface area (Å²) in [5.74, 6) is -0.603. The Bertz CT molecular complexity index is 309. The molecule has 0 aliphatic carbocycles. The van der Waals surface area contributed by atoms with E-state index in [0.717, 1.165) is 6.26 Å². The Balaban J connectivity index is 2.70. The lowest BCUT2D eigenvalue weighted by atomic mass is 10.1. The van der Waals surface area contributed by atoms with Crippen LogP contribution in [0.3, 0.4) is 0 Å². The van der Waals surface area contributed by atoms with Crippen LogP contribution >= 0.6 is 0 Å². The van der Waals surface area contributed by atoms with E-state index >= 15 is 0 Å².